The number of hydrogen-bond acceptors (Lipinski definition) is 3. The molecule has 0 heterocycles. The summed E-state index contributed by atoms with van der Waals surface area (Å²) in [6.07, 6.45) is 8.00. The number of benzene rings is 1. The van der Waals surface area contributed by atoms with Crippen molar-refractivity contribution in [2.24, 2.45) is 5.92 Å². The second kappa shape index (κ2) is 14.0. The minimum atomic E-state index is -4.29. The van der Waals surface area contributed by atoms with Gasteiger partial charge < -0.3 is 14.6 Å². The van der Waals surface area contributed by atoms with Crippen LogP contribution in [-0.2, 0) is 22.1 Å². The van der Waals surface area contributed by atoms with Gasteiger partial charge in [0.2, 0.25) is 0 Å². The number of aliphatic hydroxyl groups is 1. The second-order valence-corrected chi connectivity index (χ2v) is 8.09. The first-order valence-corrected chi connectivity index (χ1v) is 11.3. The van der Waals surface area contributed by atoms with Gasteiger partial charge in [-0.1, -0.05) is 70.4 Å². The molecule has 0 amide bonds. The van der Waals surface area contributed by atoms with Crippen LogP contribution < -0.4 is 0 Å². The Bertz CT molecular complexity index is 554. The molecular weight excluding hydrogens is 393 g/mol. The number of hydrogen-bond donors (Lipinski definition) is 1. The van der Waals surface area contributed by atoms with E-state index in [-0.39, 0.29) is 5.92 Å². The van der Waals surface area contributed by atoms with Gasteiger partial charge >= 0.3 is 6.18 Å². The number of rotatable bonds is 16. The maximum Gasteiger partial charge on any atom is 0.416 e. The average molecular weight is 433 g/mol. The summed E-state index contributed by atoms with van der Waals surface area (Å²) in [7, 11) is 2.92. The average Bonchev–Trinajstić information content (AvgIpc) is 2.73. The molecular formula is C24H39F3O3. The number of methoxy groups -OCH3 is 2. The third kappa shape index (κ3) is 9.80. The maximum absolute atomic E-state index is 12.6. The SMILES string of the molecule is CCCCCCCCC(CCCCCc1ccc(C(F)(F)F)cc1)C(O)(OC)OC. The number of aryl methyl sites for hydroxylation is 1. The molecule has 0 aliphatic rings. The van der Waals surface area contributed by atoms with Crippen LogP contribution in [0.5, 0.6) is 0 Å². The van der Waals surface area contributed by atoms with E-state index in [1.807, 2.05) is 0 Å². The van der Waals surface area contributed by atoms with Crippen molar-refractivity contribution in [2.75, 3.05) is 14.2 Å². The van der Waals surface area contributed by atoms with Crippen LogP contribution >= 0.6 is 0 Å². The van der Waals surface area contributed by atoms with E-state index in [2.05, 4.69) is 6.92 Å². The summed E-state index contributed by atoms with van der Waals surface area (Å²) in [6, 6.07) is 5.39. The topological polar surface area (TPSA) is 38.7 Å². The van der Waals surface area contributed by atoms with Crippen molar-refractivity contribution < 1.29 is 27.8 Å². The van der Waals surface area contributed by atoms with E-state index in [4.69, 9.17) is 9.47 Å². The van der Waals surface area contributed by atoms with Gasteiger partial charge in [0.25, 0.3) is 5.97 Å². The van der Waals surface area contributed by atoms with Crippen molar-refractivity contribution in [3.05, 3.63) is 35.4 Å². The summed E-state index contributed by atoms with van der Waals surface area (Å²) in [5, 5.41) is 10.6. The molecule has 0 aliphatic heterocycles. The minimum absolute atomic E-state index is 0.0928. The van der Waals surface area contributed by atoms with Crippen LogP contribution in [0, 0.1) is 5.92 Å². The molecule has 0 fully saturated rings. The van der Waals surface area contributed by atoms with Gasteiger partial charge in [-0.25, -0.2) is 0 Å². The Morgan fingerprint density at radius 3 is 1.80 bits per heavy atom. The van der Waals surface area contributed by atoms with Crippen LogP contribution in [0.2, 0.25) is 0 Å². The summed E-state index contributed by atoms with van der Waals surface area (Å²) in [5.41, 5.74) is 0.305. The van der Waals surface area contributed by atoms with Gasteiger partial charge in [-0.15, -0.1) is 0 Å². The molecule has 1 aromatic rings. The fraction of sp³-hybridized carbons (Fsp3) is 0.750. The van der Waals surface area contributed by atoms with Crippen molar-refractivity contribution in [1.29, 1.82) is 0 Å². The quantitative estimate of drug-likeness (QED) is 0.223. The fourth-order valence-corrected chi connectivity index (χ4v) is 3.85. The van der Waals surface area contributed by atoms with Crippen molar-refractivity contribution >= 4 is 0 Å². The Morgan fingerprint density at radius 1 is 0.800 bits per heavy atom. The van der Waals surface area contributed by atoms with Gasteiger partial charge in [-0.3, -0.25) is 0 Å². The Hall–Kier alpha value is -1.11. The standard InChI is InChI=1S/C24H39F3O3/c1-4-5-6-7-8-11-14-22(24(28,29-2)30-3)15-12-9-10-13-20-16-18-21(19-17-20)23(25,26)27/h16-19,22,28H,4-15H2,1-3H3. The Balaban J connectivity index is 2.39. The van der Waals surface area contributed by atoms with Gasteiger partial charge in [0.05, 0.1) is 5.56 Å². The maximum atomic E-state index is 12.6. The molecule has 3 nitrogen and oxygen atoms in total. The zero-order valence-corrected chi connectivity index (χ0v) is 18.8. The highest BCUT2D eigenvalue weighted by Gasteiger charge is 2.36. The van der Waals surface area contributed by atoms with Crippen LogP contribution in [0.25, 0.3) is 0 Å². The first kappa shape index (κ1) is 26.9. The largest absolute Gasteiger partial charge is 0.416 e. The van der Waals surface area contributed by atoms with Gasteiger partial charge in [-0.2, -0.15) is 13.2 Å². The van der Waals surface area contributed by atoms with Crippen LogP contribution in [0.1, 0.15) is 88.7 Å². The Morgan fingerprint density at radius 2 is 1.30 bits per heavy atom. The molecule has 174 valence electrons. The predicted molar refractivity (Wildman–Crippen MR) is 114 cm³/mol. The number of alkyl halides is 3. The monoisotopic (exact) mass is 432 g/mol. The van der Waals surface area contributed by atoms with E-state index in [1.54, 1.807) is 12.1 Å². The molecule has 1 aromatic carbocycles. The van der Waals surface area contributed by atoms with Crippen molar-refractivity contribution in [3.8, 4) is 0 Å². The van der Waals surface area contributed by atoms with Crippen LogP contribution in [0.4, 0.5) is 13.2 Å². The molecule has 30 heavy (non-hydrogen) atoms. The molecule has 0 saturated carbocycles. The minimum Gasteiger partial charge on any atom is -0.343 e. The van der Waals surface area contributed by atoms with Crippen LogP contribution in [0.3, 0.4) is 0 Å². The summed E-state index contributed by atoms with van der Waals surface area (Å²) < 4.78 is 48.4. The molecule has 0 spiro atoms. The zero-order chi connectivity index (χ0) is 22.5. The Kier molecular flexibility index (Phi) is 12.6. The molecule has 0 bridgehead atoms. The highest BCUT2D eigenvalue weighted by molar-refractivity contribution is 5.24. The zero-order valence-electron chi connectivity index (χ0n) is 18.8. The van der Waals surface area contributed by atoms with Crippen LogP contribution in [0.15, 0.2) is 24.3 Å². The first-order chi connectivity index (χ1) is 14.3. The summed E-state index contributed by atoms with van der Waals surface area (Å²) >= 11 is 0. The Labute approximate surface area is 180 Å². The normalized spacial score (nSPS) is 13.6. The number of ether oxygens (including phenoxy) is 2. The van der Waals surface area contributed by atoms with Crippen molar-refractivity contribution in [1.82, 2.24) is 0 Å². The molecule has 6 heteroatoms. The lowest BCUT2D eigenvalue weighted by molar-refractivity contribution is -0.369. The second-order valence-electron chi connectivity index (χ2n) is 8.09. The molecule has 0 saturated heterocycles. The molecule has 0 radical (unpaired) electrons. The lowest BCUT2D eigenvalue weighted by atomic mass is 9.91. The van der Waals surface area contributed by atoms with E-state index in [1.165, 1.54) is 39.9 Å². The summed E-state index contributed by atoms with van der Waals surface area (Å²) in [5.74, 6) is -1.65. The van der Waals surface area contributed by atoms with Gasteiger partial charge in [0, 0.05) is 20.1 Å². The van der Waals surface area contributed by atoms with E-state index in [9.17, 15) is 18.3 Å². The van der Waals surface area contributed by atoms with Gasteiger partial charge in [0.1, 0.15) is 0 Å². The fourth-order valence-electron chi connectivity index (χ4n) is 3.85. The van der Waals surface area contributed by atoms with E-state index in [0.29, 0.717) is 0 Å². The summed E-state index contributed by atoms with van der Waals surface area (Å²) in [6.45, 7) is 2.20. The van der Waals surface area contributed by atoms with Crippen molar-refractivity contribution in [2.45, 2.75) is 96.1 Å². The summed E-state index contributed by atoms with van der Waals surface area (Å²) in [4.78, 5) is 0. The lowest BCUT2D eigenvalue weighted by Crippen LogP contribution is -2.42. The molecule has 1 rings (SSSR count). The van der Waals surface area contributed by atoms with E-state index in [0.717, 1.165) is 69.1 Å². The smallest absolute Gasteiger partial charge is 0.343 e. The molecule has 1 unspecified atom stereocenters. The highest BCUT2D eigenvalue weighted by atomic mass is 19.4. The molecule has 1 N–H and O–H groups in total. The third-order valence-corrected chi connectivity index (χ3v) is 5.81. The van der Waals surface area contributed by atoms with Crippen molar-refractivity contribution in [3.63, 3.8) is 0 Å². The van der Waals surface area contributed by atoms with E-state index < -0.39 is 17.7 Å². The number of unbranched alkanes of at least 4 members (excludes halogenated alkanes) is 7. The molecule has 1 atom stereocenters. The van der Waals surface area contributed by atoms with Gasteiger partial charge in [-0.05, 0) is 43.4 Å². The highest BCUT2D eigenvalue weighted by Crippen LogP contribution is 2.31. The first-order valence-electron chi connectivity index (χ1n) is 11.3. The lowest BCUT2D eigenvalue weighted by Gasteiger charge is -2.33. The van der Waals surface area contributed by atoms with E-state index >= 15 is 0 Å². The predicted octanol–water partition coefficient (Wildman–Crippen LogP) is 7.11. The molecule has 0 aromatic heterocycles. The van der Waals surface area contributed by atoms with Gasteiger partial charge in [0.15, 0.2) is 0 Å². The molecule has 0 aliphatic carbocycles. The number of halogens is 3. The van der Waals surface area contributed by atoms with Crippen LogP contribution in [-0.4, -0.2) is 25.3 Å². The third-order valence-electron chi connectivity index (χ3n) is 5.81.